The van der Waals surface area contributed by atoms with Gasteiger partial charge in [0.05, 0.1) is 12.6 Å². The standard InChI is InChI=1S/C16H21NO3/c1-6-17-13-8-14(20-5)12(15(18)19)7-11(13)10(2)9-16(17,3)4/h7-9H,6H2,1-5H3,(H,18,19). The zero-order valence-electron chi connectivity index (χ0n) is 12.7. The van der Waals surface area contributed by atoms with E-state index in [4.69, 9.17) is 4.74 Å². The predicted octanol–water partition coefficient (Wildman–Crippen LogP) is 3.42. The van der Waals surface area contributed by atoms with Gasteiger partial charge in [-0.1, -0.05) is 6.08 Å². The van der Waals surface area contributed by atoms with Crippen LogP contribution in [0.25, 0.3) is 5.57 Å². The Labute approximate surface area is 119 Å². The van der Waals surface area contributed by atoms with E-state index in [-0.39, 0.29) is 11.1 Å². The minimum atomic E-state index is -0.967. The number of carboxylic acid groups (broad SMARTS) is 1. The first-order valence-electron chi connectivity index (χ1n) is 6.74. The summed E-state index contributed by atoms with van der Waals surface area (Å²) in [4.78, 5) is 13.6. The van der Waals surface area contributed by atoms with Gasteiger partial charge in [0.2, 0.25) is 0 Å². The van der Waals surface area contributed by atoms with Gasteiger partial charge in [-0.15, -0.1) is 0 Å². The molecule has 1 aliphatic heterocycles. The molecule has 4 heteroatoms. The summed E-state index contributed by atoms with van der Waals surface area (Å²) in [7, 11) is 1.50. The van der Waals surface area contributed by atoms with Crippen LogP contribution in [-0.2, 0) is 0 Å². The van der Waals surface area contributed by atoms with Crippen molar-refractivity contribution < 1.29 is 14.6 Å². The van der Waals surface area contributed by atoms with Crippen molar-refractivity contribution in [3.63, 3.8) is 0 Å². The quantitative estimate of drug-likeness (QED) is 0.918. The topological polar surface area (TPSA) is 49.8 Å². The van der Waals surface area contributed by atoms with E-state index in [1.165, 1.54) is 7.11 Å². The van der Waals surface area contributed by atoms with Crippen molar-refractivity contribution in [3.8, 4) is 5.75 Å². The van der Waals surface area contributed by atoms with Gasteiger partial charge in [0.15, 0.2) is 0 Å². The van der Waals surface area contributed by atoms with E-state index in [0.717, 1.165) is 23.4 Å². The van der Waals surface area contributed by atoms with Gasteiger partial charge >= 0.3 is 5.97 Å². The molecule has 0 fully saturated rings. The number of likely N-dealkylation sites (N-methyl/N-ethyl adjacent to an activating group) is 1. The number of carbonyl (C=O) groups is 1. The highest BCUT2D eigenvalue weighted by atomic mass is 16.5. The van der Waals surface area contributed by atoms with Crippen LogP contribution in [0, 0.1) is 0 Å². The summed E-state index contributed by atoms with van der Waals surface area (Å²) in [6, 6.07) is 3.54. The van der Waals surface area contributed by atoms with Gasteiger partial charge < -0.3 is 14.7 Å². The van der Waals surface area contributed by atoms with E-state index in [1.54, 1.807) is 6.07 Å². The summed E-state index contributed by atoms with van der Waals surface area (Å²) >= 11 is 0. The third kappa shape index (κ3) is 2.15. The number of nitrogens with zero attached hydrogens (tertiary/aromatic N) is 1. The second kappa shape index (κ2) is 4.85. The number of rotatable bonds is 3. The van der Waals surface area contributed by atoms with Crippen LogP contribution in [0.3, 0.4) is 0 Å². The van der Waals surface area contributed by atoms with Crippen LogP contribution in [0.5, 0.6) is 5.75 Å². The lowest BCUT2D eigenvalue weighted by atomic mass is 9.88. The van der Waals surface area contributed by atoms with Crippen LogP contribution < -0.4 is 9.64 Å². The molecule has 1 aromatic carbocycles. The van der Waals surface area contributed by atoms with Gasteiger partial charge in [0.1, 0.15) is 11.3 Å². The molecule has 20 heavy (non-hydrogen) atoms. The third-order valence-corrected chi connectivity index (χ3v) is 3.85. The molecule has 2 rings (SSSR count). The molecule has 0 saturated carbocycles. The number of aromatic carboxylic acids is 1. The second-order valence-corrected chi connectivity index (χ2v) is 5.60. The zero-order chi connectivity index (χ0) is 15.1. The first-order valence-corrected chi connectivity index (χ1v) is 6.74. The fraction of sp³-hybridized carbons (Fsp3) is 0.438. The van der Waals surface area contributed by atoms with Gasteiger partial charge in [-0.2, -0.15) is 0 Å². The van der Waals surface area contributed by atoms with E-state index in [2.05, 4.69) is 31.7 Å². The summed E-state index contributed by atoms with van der Waals surface area (Å²) in [6.07, 6.45) is 2.18. The number of allylic oxidation sites excluding steroid dienone is 1. The Bertz CT molecular complexity index is 588. The van der Waals surface area contributed by atoms with E-state index in [9.17, 15) is 9.90 Å². The lowest BCUT2D eigenvalue weighted by Crippen LogP contribution is -2.44. The van der Waals surface area contributed by atoms with E-state index in [1.807, 2.05) is 13.0 Å². The summed E-state index contributed by atoms with van der Waals surface area (Å²) in [5.41, 5.74) is 3.19. The molecule has 1 aliphatic rings. The van der Waals surface area contributed by atoms with Gasteiger partial charge in [0, 0.05) is 23.9 Å². The lowest BCUT2D eigenvalue weighted by Gasteiger charge is -2.43. The number of hydrogen-bond acceptors (Lipinski definition) is 3. The monoisotopic (exact) mass is 275 g/mol. The normalized spacial score (nSPS) is 16.4. The van der Waals surface area contributed by atoms with Gasteiger partial charge in [-0.05, 0) is 39.3 Å². The molecule has 0 bridgehead atoms. The smallest absolute Gasteiger partial charge is 0.339 e. The maximum atomic E-state index is 11.3. The van der Waals surface area contributed by atoms with Gasteiger partial charge in [-0.3, -0.25) is 0 Å². The summed E-state index contributed by atoms with van der Waals surface area (Å²) in [5, 5.41) is 9.30. The average Bonchev–Trinajstić information content (AvgIpc) is 2.36. The Hall–Kier alpha value is -1.97. The Balaban J connectivity index is 2.72. The van der Waals surface area contributed by atoms with Gasteiger partial charge in [0.25, 0.3) is 0 Å². The number of fused-ring (bicyclic) bond motifs is 1. The highest BCUT2D eigenvalue weighted by Gasteiger charge is 2.31. The molecule has 0 aliphatic carbocycles. The molecule has 0 aromatic heterocycles. The van der Waals surface area contributed by atoms with Gasteiger partial charge in [-0.25, -0.2) is 4.79 Å². The Morgan fingerprint density at radius 2 is 2.05 bits per heavy atom. The van der Waals surface area contributed by atoms with Crippen LogP contribution in [0.1, 0.15) is 43.6 Å². The van der Waals surface area contributed by atoms with Crippen LogP contribution in [-0.4, -0.2) is 30.3 Å². The molecule has 0 atom stereocenters. The van der Waals surface area contributed by atoms with Crippen molar-refractivity contribution in [1.82, 2.24) is 0 Å². The number of carboxylic acids is 1. The molecule has 1 aromatic rings. The molecule has 108 valence electrons. The average molecular weight is 275 g/mol. The van der Waals surface area contributed by atoms with Crippen molar-refractivity contribution >= 4 is 17.2 Å². The van der Waals surface area contributed by atoms with E-state index < -0.39 is 5.97 Å². The van der Waals surface area contributed by atoms with Crippen molar-refractivity contribution in [3.05, 3.63) is 29.3 Å². The molecule has 0 amide bonds. The molecular weight excluding hydrogens is 254 g/mol. The maximum absolute atomic E-state index is 11.3. The highest BCUT2D eigenvalue weighted by Crippen LogP contribution is 2.41. The number of anilines is 1. The predicted molar refractivity (Wildman–Crippen MR) is 80.7 cm³/mol. The number of benzene rings is 1. The van der Waals surface area contributed by atoms with Crippen molar-refractivity contribution in [2.45, 2.75) is 33.2 Å². The Morgan fingerprint density at radius 1 is 1.40 bits per heavy atom. The molecule has 4 nitrogen and oxygen atoms in total. The Kier molecular flexibility index (Phi) is 3.50. The van der Waals surface area contributed by atoms with E-state index >= 15 is 0 Å². The second-order valence-electron chi connectivity index (χ2n) is 5.60. The molecule has 1 heterocycles. The fourth-order valence-corrected chi connectivity index (χ4v) is 3.02. The van der Waals surface area contributed by atoms with Crippen molar-refractivity contribution in [2.75, 3.05) is 18.6 Å². The maximum Gasteiger partial charge on any atom is 0.339 e. The van der Waals surface area contributed by atoms with Crippen molar-refractivity contribution in [2.24, 2.45) is 0 Å². The zero-order valence-corrected chi connectivity index (χ0v) is 12.7. The van der Waals surface area contributed by atoms with E-state index in [0.29, 0.717) is 5.75 Å². The molecular formula is C16H21NO3. The SMILES string of the molecule is CCN1c2cc(OC)c(C(=O)O)cc2C(C)=CC1(C)C. The minimum absolute atomic E-state index is 0.0956. The summed E-state index contributed by atoms with van der Waals surface area (Å²) in [5.74, 6) is -0.564. The molecule has 0 spiro atoms. The first-order chi connectivity index (χ1) is 9.31. The molecule has 1 N–H and O–H groups in total. The number of methoxy groups -OCH3 is 1. The Morgan fingerprint density at radius 3 is 2.55 bits per heavy atom. The van der Waals surface area contributed by atoms with Crippen LogP contribution in [0.2, 0.25) is 0 Å². The minimum Gasteiger partial charge on any atom is -0.496 e. The molecule has 0 unspecified atom stereocenters. The third-order valence-electron chi connectivity index (χ3n) is 3.85. The number of ether oxygens (including phenoxy) is 1. The largest absolute Gasteiger partial charge is 0.496 e. The first kappa shape index (κ1) is 14.4. The van der Waals surface area contributed by atoms with Crippen molar-refractivity contribution in [1.29, 1.82) is 0 Å². The van der Waals surface area contributed by atoms with Crippen LogP contribution in [0.4, 0.5) is 5.69 Å². The molecule has 0 radical (unpaired) electrons. The molecule has 0 saturated heterocycles. The fourth-order valence-electron chi connectivity index (χ4n) is 3.02. The summed E-state index contributed by atoms with van der Waals surface area (Å²) in [6.45, 7) is 9.27. The van der Waals surface area contributed by atoms with Crippen LogP contribution >= 0.6 is 0 Å². The lowest BCUT2D eigenvalue weighted by molar-refractivity contribution is 0.0693. The van der Waals surface area contributed by atoms with Crippen LogP contribution in [0.15, 0.2) is 18.2 Å². The summed E-state index contributed by atoms with van der Waals surface area (Å²) < 4.78 is 5.24. The number of hydrogen-bond donors (Lipinski definition) is 1. The highest BCUT2D eigenvalue weighted by molar-refractivity contribution is 5.95.